The number of aromatic nitrogens is 2. The predicted molar refractivity (Wildman–Crippen MR) is 92.4 cm³/mol. The fourth-order valence-electron chi connectivity index (χ4n) is 2.54. The van der Waals surface area contributed by atoms with Gasteiger partial charge in [-0.3, -0.25) is 9.48 Å². The van der Waals surface area contributed by atoms with Gasteiger partial charge in [0.25, 0.3) is 0 Å². The summed E-state index contributed by atoms with van der Waals surface area (Å²) in [4.78, 5) is 12.0. The van der Waals surface area contributed by atoms with Gasteiger partial charge in [-0.05, 0) is 30.7 Å². The zero-order valence-electron chi connectivity index (χ0n) is 12.9. The maximum atomic E-state index is 12.0. The van der Waals surface area contributed by atoms with Crippen LogP contribution in [0.15, 0.2) is 48.7 Å². The molecule has 3 aromatic rings. The fourth-order valence-corrected chi connectivity index (χ4v) is 2.71. The zero-order valence-corrected chi connectivity index (χ0v) is 13.7. The number of hydrogen-bond acceptors (Lipinski definition) is 2. The standard InChI is InChI=1S/C18H18ClN3O/c1-13-3-2-4-14(9-13)11-20-18(23)7-8-22-17-10-16(19)6-5-15(17)12-21-22/h2-6,9-10,12H,7-8,11H2,1H3,(H,20,23). The Bertz CT molecular complexity index is 841. The van der Waals surface area contributed by atoms with Crippen LogP contribution in [0.1, 0.15) is 17.5 Å². The number of carbonyl (C=O) groups is 1. The van der Waals surface area contributed by atoms with Crippen LogP contribution in [-0.4, -0.2) is 15.7 Å². The second kappa shape index (κ2) is 6.84. The molecule has 0 aliphatic carbocycles. The van der Waals surface area contributed by atoms with Gasteiger partial charge in [0, 0.05) is 23.4 Å². The van der Waals surface area contributed by atoms with E-state index in [9.17, 15) is 4.79 Å². The van der Waals surface area contributed by atoms with Gasteiger partial charge in [0.2, 0.25) is 5.91 Å². The van der Waals surface area contributed by atoms with Gasteiger partial charge in [0.15, 0.2) is 0 Å². The van der Waals surface area contributed by atoms with Crippen molar-refractivity contribution in [3.8, 4) is 0 Å². The van der Waals surface area contributed by atoms with Crippen molar-refractivity contribution in [2.45, 2.75) is 26.4 Å². The molecule has 0 aliphatic heterocycles. The second-order valence-corrected chi connectivity index (χ2v) is 6.02. The van der Waals surface area contributed by atoms with Crippen molar-refractivity contribution in [3.63, 3.8) is 0 Å². The summed E-state index contributed by atoms with van der Waals surface area (Å²) in [5.41, 5.74) is 3.25. The summed E-state index contributed by atoms with van der Waals surface area (Å²) in [7, 11) is 0. The number of hydrogen-bond donors (Lipinski definition) is 1. The second-order valence-electron chi connectivity index (χ2n) is 5.59. The van der Waals surface area contributed by atoms with Gasteiger partial charge in [-0.25, -0.2) is 0 Å². The molecular formula is C18H18ClN3O. The summed E-state index contributed by atoms with van der Waals surface area (Å²) in [6.45, 7) is 3.12. The van der Waals surface area contributed by atoms with E-state index in [1.807, 2.05) is 48.0 Å². The van der Waals surface area contributed by atoms with Crippen LogP contribution in [0.2, 0.25) is 5.02 Å². The van der Waals surface area contributed by atoms with Crippen LogP contribution in [0.25, 0.3) is 10.9 Å². The number of nitrogens with one attached hydrogen (secondary N) is 1. The zero-order chi connectivity index (χ0) is 16.2. The van der Waals surface area contributed by atoms with Gasteiger partial charge < -0.3 is 5.32 Å². The first-order valence-corrected chi connectivity index (χ1v) is 7.93. The minimum Gasteiger partial charge on any atom is -0.352 e. The molecule has 0 atom stereocenters. The van der Waals surface area contributed by atoms with E-state index >= 15 is 0 Å². The highest BCUT2D eigenvalue weighted by atomic mass is 35.5. The summed E-state index contributed by atoms with van der Waals surface area (Å²) in [6, 6.07) is 13.8. The lowest BCUT2D eigenvalue weighted by Gasteiger charge is -2.07. The van der Waals surface area contributed by atoms with Gasteiger partial charge >= 0.3 is 0 Å². The number of halogens is 1. The Balaban J connectivity index is 1.57. The molecule has 118 valence electrons. The van der Waals surface area contributed by atoms with Crippen LogP contribution in [0.3, 0.4) is 0 Å². The topological polar surface area (TPSA) is 46.9 Å². The highest BCUT2D eigenvalue weighted by Gasteiger charge is 2.06. The summed E-state index contributed by atoms with van der Waals surface area (Å²) in [5.74, 6) is 0.0113. The predicted octanol–water partition coefficient (Wildman–Crippen LogP) is 3.70. The maximum absolute atomic E-state index is 12.0. The molecule has 5 heteroatoms. The molecular weight excluding hydrogens is 310 g/mol. The molecule has 0 aliphatic rings. The quantitative estimate of drug-likeness (QED) is 0.776. The molecule has 23 heavy (non-hydrogen) atoms. The number of fused-ring (bicyclic) bond motifs is 1. The fraction of sp³-hybridized carbons (Fsp3) is 0.222. The average molecular weight is 328 g/mol. The normalized spacial score (nSPS) is 10.9. The monoisotopic (exact) mass is 327 g/mol. The minimum absolute atomic E-state index is 0.0113. The van der Waals surface area contributed by atoms with Gasteiger partial charge in [-0.15, -0.1) is 0 Å². The maximum Gasteiger partial charge on any atom is 0.222 e. The molecule has 0 saturated heterocycles. The Hall–Kier alpha value is -2.33. The highest BCUT2D eigenvalue weighted by molar-refractivity contribution is 6.31. The van der Waals surface area contributed by atoms with Crippen molar-refractivity contribution in [1.82, 2.24) is 15.1 Å². The van der Waals surface area contributed by atoms with E-state index in [1.165, 1.54) is 5.56 Å². The van der Waals surface area contributed by atoms with E-state index < -0.39 is 0 Å². The number of amides is 1. The molecule has 0 saturated carbocycles. The Morgan fingerprint density at radius 2 is 2.13 bits per heavy atom. The van der Waals surface area contributed by atoms with E-state index in [4.69, 9.17) is 11.6 Å². The first-order chi connectivity index (χ1) is 11.1. The lowest BCUT2D eigenvalue weighted by molar-refractivity contribution is -0.121. The van der Waals surface area contributed by atoms with E-state index in [-0.39, 0.29) is 5.91 Å². The van der Waals surface area contributed by atoms with Gasteiger partial charge in [0.05, 0.1) is 18.3 Å². The third-order valence-corrected chi connectivity index (χ3v) is 3.96. The van der Waals surface area contributed by atoms with Crippen LogP contribution in [0.4, 0.5) is 0 Å². The summed E-state index contributed by atoms with van der Waals surface area (Å²) < 4.78 is 1.81. The highest BCUT2D eigenvalue weighted by Crippen LogP contribution is 2.19. The molecule has 1 heterocycles. The molecule has 0 fully saturated rings. The molecule has 1 amide bonds. The van der Waals surface area contributed by atoms with Crippen molar-refractivity contribution in [3.05, 3.63) is 64.8 Å². The van der Waals surface area contributed by atoms with Crippen LogP contribution in [-0.2, 0) is 17.9 Å². The molecule has 0 bridgehead atoms. The molecule has 2 aromatic carbocycles. The van der Waals surface area contributed by atoms with E-state index in [1.54, 1.807) is 6.20 Å². The Morgan fingerprint density at radius 3 is 2.96 bits per heavy atom. The summed E-state index contributed by atoms with van der Waals surface area (Å²) >= 11 is 6.02. The smallest absolute Gasteiger partial charge is 0.222 e. The van der Waals surface area contributed by atoms with Crippen molar-refractivity contribution < 1.29 is 4.79 Å². The largest absolute Gasteiger partial charge is 0.352 e. The van der Waals surface area contributed by atoms with Crippen molar-refractivity contribution in [2.24, 2.45) is 0 Å². The van der Waals surface area contributed by atoms with Crippen LogP contribution in [0.5, 0.6) is 0 Å². The van der Waals surface area contributed by atoms with Gasteiger partial charge in [-0.2, -0.15) is 5.10 Å². The Labute approximate surface area is 140 Å². The number of nitrogens with zero attached hydrogens (tertiary/aromatic N) is 2. The summed E-state index contributed by atoms with van der Waals surface area (Å²) in [5, 5.41) is 8.95. The molecule has 0 spiro atoms. The van der Waals surface area contributed by atoms with Crippen LogP contribution >= 0.6 is 11.6 Å². The van der Waals surface area contributed by atoms with E-state index in [0.29, 0.717) is 24.5 Å². The van der Waals surface area contributed by atoms with Crippen molar-refractivity contribution in [2.75, 3.05) is 0 Å². The third-order valence-electron chi connectivity index (χ3n) is 3.73. The molecule has 1 aromatic heterocycles. The lowest BCUT2D eigenvalue weighted by Crippen LogP contribution is -2.24. The van der Waals surface area contributed by atoms with E-state index in [2.05, 4.69) is 16.5 Å². The number of carbonyl (C=O) groups excluding carboxylic acids is 1. The van der Waals surface area contributed by atoms with Crippen molar-refractivity contribution >= 4 is 28.4 Å². The van der Waals surface area contributed by atoms with E-state index in [0.717, 1.165) is 16.5 Å². The van der Waals surface area contributed by atoms with Crippen molar-refractivity contribution in [1.29, 1.82) is 0 Å². The first-order valence-electron chi connectivity index (χ1n) is 7.55. The molecule has 4 nitrogen and oxygen atoms in total. The van der Waals surface area contributed by atoms with Gasteiger partial charge in [0.1, 0.15) is 0 Å². The minimum atomic E-state index is 0.0113. The number of benzene rings is 2. The SMILES string of the molecule is Cc1cccc(CNC(=O)CCn2ncc3ccc(Cl)cc32)c1. The molecule has 0 radical (unpaired) electrons. The van der Waals surface area contributed by atoms with Gasteiger partial charge in [-0.1, -0.05) is 41.4 Å². The van der Waals surface area contributed by atoms with Crippen LogP contribution in [0, 0.1) is 6.92 Å². The molecule has 1 N–H and O–H groups in total. The molecule has 0 unspecified atom stereocenters. The molecule has 3 rings (SSSR count). The third kappa shape index (κ3) is 3.90. The number of aryl methyl sites for hydroxylation is 2. The lowest BCUT2D eigenvalue weighted by atomic mass is 10.1. The Kier molecular flexibility index (Phi) is 4.63. The number of rotatable bonds is 5. The first kappa shape index (κ1) is 15.6. The average Bonchev–Trinajstić information content (AvgIpc) is 2.93. The summed E-state index contributed by atoms with van der Waals surface area (Å²) in [6.07, 6.45) is 2.17. The van der Waals surface area contributed by atoms with Crippen LogP contribution < -0.4 is 5.32 Å². The Morgan fingerprint density at radius 1 is 1.26 bits per heavy atom.